The molecule has 0 N–H and O–H groups in total. The van der Waals surface area contributed by atoms with Gasteiger partial charge in [-0.25, -0.2) is 4.58 Å². The van der Waals surface area contributed by atoms with E-state index in [-0.39, 0.29) is 7.43 Å². The Hall–Kier alpha value is -0.590. The standard InChI is InChI=1S/C5H8N.C2H6.CH4/c1-6-4-2-3-5-6;1-2;/h2,4-5H,3H2,1H3;1-2H3;1H4/q+1;;. The highest BCUT2D eigenvalue weighted by Gasteiger charge is 1.92. The average molecular weight is 128 g/mol. The molecule has 0 radical (unpaired) electrons. The molecule has 0 fully saturated rings. The Bertz CT molecular complexity index is 98.4. The van der Waals surface area contributed by atoms with Crippen LogP contribution in [0.25, 0.3) is 0 Å². The van der Waals surface area contributed by atoms with E-state index in [0.717, 1.165) is 6.42 Å². The summed E-state index contributed by atoms with van der Waals surface area (Å²) in [5.74, 6) is 0. The van der Waals surface area contributed by atoms with Crippen LogP contribution < -0.4 is 0 Å². The van der Waals surface area contributed by atoms with Crippen LogP contribution in [0.3, 0.4) is 0 Å². The molecule has 0 saturated carbocycles. The molecule has 0 unspecified atom stereocenters. The second-order valence-electron chi connectivity index (χ2n) is 1.47. The van der Waals surface area contributed by atoms with E-state index in [1.165, 1.54) is 0 Å². The smallest absolute Gasteiger partial charge is 0.164 e. The van der Waals surface area contributed by atoms with Crippen molar-refractivity contribution in [1.29, 1.82) is 0 Å². The number of allylic oxidation sites excluding steroid dienone is 1. The summed E-state index contributed by atoms with van der Waals surface area (Å²) in [6.07, 6.45) is 7.41. The lowest BCUT2D eigenvalue weighted by molar-refractivity contribution is -0.413. The van der Waals surface area contributed by atoms with Crippen molar-refractivity contribution < 1.29 is 4.58 Å². The number of rotatable bonds is 0. The van der Waals surface area contributed by atoms with E-state index >= 15 is 0 Å². The highest BCUT2D eigenvalue weighted by atomic mass is 14.9. The van der Waals surface area contributed by atoms with Gasteiger partial charge in [0.1, 0.15) is 13.3 Å². The SMILES string of the molecule is C.CC.C[N+]1=CCC=C1. The Labute approximate surface area is 58.7 Å². The lowest BCUT2D eigenvalue weighted by atomic mass is 10.5. The molecule has 0 saturated heterocycles. The van der Waals surface area contributed by atoms with Crippen molar-refractivity contribution in [2.75, 3.05) is 7.05 Å². The first kappa shape index (κ1) is 11.2. The van der Waals surface area contributed by atoms with E-state index in [1.807, 2.05) is 20.9 Å². The van der Waals surface area contributed by atoms with E-state index in [1.54, 1.807) is 0 Å². The zero-order chi connectivity index (χ0) is 6.41. The summed E-state index contributed by atoms with van der Waals surface area (Å²) >= 11 is 0. The zero-order valence-electron chi connectivity index (χ0n) is 5.89. The molecule has 1 nitrogen and oxygen atoms in total. The molecule has 0 aromatic rings. The minimum Gasteiger partial charge on any atom is -0.212 e. The van der Waals surface area contributed by atoms with Crippen molar-refractivity contribution in [3.05, 3.63) is 12.3 Å². The maximum Gasteiger partial charge on any atom is 0.164 e. The van der Waals surface area contributed by atoms with Crippen molar-refractivity contribution in [2.24, 2.45) is 0 Å². The van der Waals surface area contributed by atoms with Gasteiger partial charge in [-0.3, -0.25) is 0 Å². The quantitative estimate of drug-likeness (QED) is 0.440. The van der Waals surface area contributed by atoms with Gasteiger partial charge in [-0.05, 0) is 6.08 Å². The Morgan fingerprint density at radius 2 is 1.89 bits per heavy atom. The summed E-state index contributed by atoms with van der Waals surface area (Å²) in [7, 11) is 2.03. The van der Waals surface area contributed by atoms with Crippen molar-refractivity contribution in [3.8, 4) is 0 Å². The fourth-order valence-corrected chi connectivity index (χ4v) is 0.515. The second kappa shape index (κ2) is 7.41. The van der Waals surface area contributed by atoms with Gasteiger partial charge >= 0.3 is 0 Å². The van der Waals surface area contributed by atoms with Crippen LogP contribution in [0.15, 0.2) is 12.3 Å². The van der Waals surface area contributed by atoms with Gasteiger partial charge in [0.05, 0.1) is 0 Å². The van der Waals surface area contributed by atoms with E-state index in [4.69, 9.17) is 0 Å². The fourth-order valence-electron chi connectivity index (χ4n) is 0.515. The normalized spacial score (nSPS) is 13.0. The Kier molecular flexibility index (Phi) is 9.25. The van der Waals surface area contributed by atoms with Gasteiger partial charge in [-0.2, -0.15) is 0 Å². The molecule has 1 aliphatic heterocycles. The van der Waals surface area contributed by atoms with Gasteiger partial charge in [0.25, 0.3) is 0 Å². The summed E-state index contributed by atoms with van der Waals surface area (Å²) in [6, 6.07) is 0. The molecule has 1 heteroatoms. The largest absolute Gasteiger partial charge is 0.212 e. The van der Waals surface area contributed by atoms with Crippen LogP contribution in [0.1, 0.15) is 27.7 Å². The first-order valence-electron chi connectivity index (χ1n) is 3.11. The van der Waals surface area contributed by atoms with Gasteiger partial charge in [0.15, 0.2) is 6.20 Å². The molecular weight excluding hydrogens is 110 g/mol. The van der Waals surface area contributed by atoms with Crippen LogP contribution in [-0.2, 0) is 0 Å². The van der Waals surface area contributed by atoms with E-state index in [0.29, 0.717) is 0 Å². The first-order chi connectivity index (χ1) is 3.89. The molecule has 0 bridgehead atoms. The third-order valence-corrected chi connectivity index (χ3v) is 0.870. The topological polar surface area (TPSA) is 3.01 Å². The molecule has 54 valence electrons. The molecular formula is C8H18N+. The van der Waals surface area contributed by atoms with Gasteiger partial charge < -0.3 is 0 Å². The average Bonchev–Trinajstić information content (AvgIpc) is 2.24. The molecule has 1 heterocycles. The van der Waals surface area contributed by atoms with Crippen molar-refractivity contribution in [2.45, 2.75) is 27.7 Å². The maximum absolute atomic E-state index is 2.12. The highest BCUT2D eigenvalue weighted by Crippen LogP contribution is 1.85. The minimum absolute atomic E-state index is 0. The molecule has 0 atom stereocenters. The number of nitrogens with zero attached hydrogens (tertiary/aromatic N) is 1. The Balaban J connectivity index is 0. The predicted octanol–water partition coefficient (Wildman–Crippen LogP) is 2.28. The lowest BCUT2D eigenvalue weighted by Gasteiger charge is -1.69. The third-order valence-electron chi connectivity index (χ3n) is 0.870. The molecule has 1 rings (SSSR count). The van der Waals surface area contributed by atoms with Crippen LogP contribution in [0.2, 0.25) is 0 Å². The molecule has 9 heavy (non-hydrogen) atoms. The molecule has 0 aliphatic carbocycles. The number of hydrogen-bond donors (Lipinski definition) is 0. The van der Waals surface area contributed by atoms with Crippen LogP contribution in [-0.4, -0.2) is 17.8 Å². The molecule has 0 aromatic carbocycles. The van der Waals surface area contributed by atoms with Gasteiger partial charge in [0, 0.05) is 6.42 Å². The van der Waals surface area contributed by atoms with E-state index < -0.39 is 0 Å². The van der Waals surface area contributed by atoms with E-state index in [9.17, 15) is 0 Å². The third kappa shape index (κ3) is 5.28. The molecule has 0 amide bonds. The Morgan fingerprint density at radius 1 is 1.33 bits per heavy atom. The van der Waals surface area contributed by atoms with Gasteiger partial charge in [-0.1, -0.05) is 21.3 Å². The number of hydrogen-bond acceptors (Lipinski definition) is 0. The summed E-state index contributed by atoms with van der Waals surface area (Å²) in [5, 5.41) is 0. The van der Waals surface area contributed by atoms with Gasteiger partial charge in [-0.15, -0.1) is 0 Å². The monoisotopic (exact) mass is 128 g/mol. The van der Waals surface area contributed by atoms with Crippen LogP contribution >= 0.6 is 0 Å². The zero-order valence-corrected chi connectivity index (χ0v) is 5.89. The van der Waals surface area contributed by atoms with E-state index in [2.05, 4.69) is 23.1 Å². The van der Waals surface area contributed by atoms with Crippen molar-refractivity contribution in [1.82, 2.24) is 0 Å². The molecule has 0 spiro atoms. The van der Waals surface area contributed by atoms with Gasteiger partial charge in [0.2, 0.25) is 0 Å². The summed E-state index contributed by atoms with van der Waals surface area (Å²) < 4.78 is 2.06. The lowest BCUT2D eigenvalue weighted by Crippen LogP contribution is -1.88. The minimum atomic E-state index is 0. The first-order valence-corrected chi connectivity index (χ1v) is 3.11. The predicted molar refractivity (Wildman–Crippen MR) is 44.1 cm³/mol. The highest BCUT2D eigenvalue weighted by molar-refractivity contribution is 5.55. The summed E-state index contributed by atoms with van der Waals surface area (Å²) in [6.45, 7) is 4.00. The fraction of sp³-hybridized carbons (Fsp3) is 0.625. The van der Waals surface area contributed by atoms with Crippen molar-refractivity contribution >= 4 is 6.21 Å². The maximum atomic E-state index is 2.12. The molecule has 1 aliphatic rings. The Morgan fingerprint density at radius 3 is 2.00 bits per heavy atom. The van der Waals surface area contributed by atoms with Crippen LogP contribution in [0.5, 0.6) is 0 Å². The van der Waals surface area contributed by atoms with Crippen LogP contribution in [0, 0.1) is 0 Å². The van der Waals surface area contributed by atoms with Crippen LogP contribution in [0.4, 0.5) is 0 Å². The van der Waals surface area contributed by atoms with Crippen molar-refractivity contribution in [3.63, 3.8) is 0 Å². The second-order valence-corrected chi connectivity index (χ2v) is 1.47. The summed E-state index contributed by atoms with van der Waals surface area (Å²) in [5.41, 5.74) is 0. The summed E-state index contributed by atoms with van der Waals surface area (Å²) in [4.78, 5) is 0. The molecule has 0 aromatic heterocycles.